The normalized spacial score (nSPS) is 9.50. The van der Waals surface area contributed by atoms with Crippen LogP contribution in [0.4, 0.5) is 5.69 Å². The number of nitrogens with zero attached hydrogens (tertiary/aromatic N) is 2. The molecule has 3 heteroatoms. The van der Waals surface area contributed by atoms with Crippen molar-refractivity contribution < 1.29 is 0 Å². The molecular weight excluding hydrogens is 168 g/mol. The number of nitriles is 1. The molecule has 0 amide bonds. The van der Waals surface area contributed by atoms with Gasteiger partial charge in [0.25, 0.3) is 0 Å². The first-order valence-electron chi connectivity index (χ1n) is 3.52. The third kappa shape index (κ3) is 2.48. The van der Waals surface area contributed by atoms with Crippen LogP contribution in [0.3, 0.4) is 0 Å². The van der Waals surface area contributed by atoms with E-state index in [0.29, 0.717) is 5.56 Å². The van der Waals surface area contributed by atoms with Gasteiger partial charge in [0.15, 0.2) is 0 Å². The second kappa shape index (κ2) is 4.03. The first kappa shape index (κ1) is 8.95. The lowest BCUT2D eigenvalue weighted by Crippen LogP contribution is -1.77. The Morgan fingerprint density at radius 2 is 1.83 bits per heavy atom. The maximum absolute atomic E-state index is 8.53. The van der Waals surface area contributed by atoms with Gasteiger partial charge < -0.3 is 0 Å². The fourth-order valence-corrected chi connectivity index (χ4v) is 1.35. The minimum absolute atomic E-state index is 0.0670. The number of benzene rings is 1. The molecular formula is C9H10N2S. The van der Waals surface area contributed by atoms with Gasteiger partial charge in [0.05, 0.1) is 17.3 Å². The Hall–Kier alpha value is -1.14. The van der Waals surface area contributed by atoms with Crippen molar-refractivity contribution in [1.29, 1.82) is 5.26 Å². The van der Waals surface area contributed by atoms with Gasteiger partial charge in [-0.2, -0.15) is 5.26 Å². The lowest BCUT2D eigenvalue weighted by molar-refractivity contribution is 1.47. The number of hydrogen-bond acceptors (Lipinski definition) is 2. The number of hydrogen-bond donors (Lipinski definition) is 0. The molecule has 12 heavy (non-hydrogen) atoms. The zero-order valence-electron chi connectivity index (χ0n) is 7.11. The van der Waals surface area contributed by atoms with E-state index in [4.69, 9.17) is 5.26 Å². The highest BCUT2D eigenvalue weighted by Crippen LogP contribution is 2.12. The lowest BCUT2D eigenvalue weighted by Gasteiger charge is -1.94. The summed E-state index contributed by atoms with van der Waals surface area (Å²) in [5, 5.41) is 8.53. The summed E-state index contributed by atoms with van der Waals surface area (Å²) in [4.78, 5) is 0. The molecule has 1 aromatic carbocycles. The van der Waals surface area contributed by atoms with Gasteiger partial charge in [-0.25, -0.2) is 4.36 Å². The molecule has 0 saturated heterocycles. The van der Waals surface area contributed by atoms with Gasteiger partial charge in [0.1, 0.15) is 0 Å². The molecule has 0 aliphatic carbocycles. The van der Waals surface area contributed by atoms with Crippen LogP contribution in [-0.2, 0) is 10.7 Å². The van der Waals surface area contributed by atoms with Crippen molar-refractivity contribution in [2.24, 2.45) is 4.36 Å². The average molecular weight is 178 g/mol. The largest absolute Gasteiger partial charge is 0.229 e. The van der Waals surface area contributed by atoms with Gasteiger partial charge in [-0.3, -0.25) is 0 Å². The summed E-state index contributed by atoms with van der Waals surface area (Å²) >= 11 is 0. The van der Waals surface area contributed by atoms with E-state index in [0.717, 1.165) is 5.69 Å². The molecule has 0 spiro atoms. The topological polar surface area (TPSA) is 36.1 Å². The average Bonchev–Trinajstić information content (AvgIpc) is 2.05. The lowest BCUT2D eigenvalue weighted by atomic mass is 10.2. The minimum Gasteiger partial charge on any atom is -0.229 e. The van der Waals surface area contributed by atoms with Crippen molar-refractivity contribution in [3.63, 3.8) is 0 Å². The van der Waals surface area contributed by atoms with E-state index >= 15 is 0 Å². The molecule has 62 valence electrons. The third-order valence-corrected chi connectivity index (χ3v) is 1.86. The first-order valence-corrected chi connectivity index (χ1v) is 5.52. The second-order valence-electron chi connectivity index (χ2n) is 2.52. The predicted molar refractivity (Wildman–Crippen MR) is 52.5 cm³/mol. The molecule has 0 fully saturated rings. The molecule has 0 aliphatic heterocycles. The van der Waals surface area contributed by atoms with E-state index in [1.165, 1.54) is 0 Å². The van der Waals surface area contributed by atoms with E-state index in [1.807, 2.05) is 12.1 Å². The highest BCUT2D eigenvalue weighted by Gasteiger charge is 1.89. The molecule has 1 rings (SSSR count). The Bertz CT molecular complexity index is 329. The summed E-state index contributed by atoms with van der Waals surface area (Å²) in [6.45, 7) is 0. The van der Waals surface area contributed by atoms with Crippen LogP contribution in [0.5, 0.6) is 0 Å². The van der Waals surface area contributed by atoms with Gasteiger partial charge in [-0.1, -0.05) is 0 Å². The van der Waals surface area contributed by atoms with Gasteiger partial charge in [-0.05, 0) is 36.8 Å². The van der Waals surface area contributed by atoms with Crippen molar-refractivity contribution in [3.05, 3.63) is 29.8 Å². The molecule has 0 saturated carbocycles. The molecule has 2 nitrogen and oxygen atoms in total. The monoisotopic (exact) mass is 178 g/mol. The zero-order valence-corrected chi connectivity index (χ0v) is 7.93. The fraction of sp³-hybridized carbons (Fsp3) is 0.222. The Morgan fingerprint density at radius 3 is 2.25 bits per heavy atom. The van der Waals surface area contributed by atoms with Crippen LogP contribution in [0.25, 0.3) is 0 Å². The van der Waals surface area contributed by atoms with Crippen molar-refractivity contribution in [1.82, 2.24) is 0 Å². The van der Waals surface area contributed by atoms with E-state index in [-0.39, 0.29) is 10.7 Å². The quantitative estimate of drug-likeness (QED) is 0.649. The summed E-state index contributed by atoms with van der Waals surface area (Å²) < 4.78 is 4.35. The summed E-state index contributed by atoms with van der Waals surface area (Å²) in [7, 11) is 0.0670. The Morgan fingerprint density at radius 1 is 1.25 bits per heavy atom. The van der Waals surface area contributed by atoms with E-state index in [9.17, 15) is 0 Å². The van der Waals surface area contributed by atoms with Crippen LogP contribution in [0, 0.1) is 11.3 Å². The Balaban J connectivity index is 2.95. The molecule has 0 unspecified atom stereocenters. The van der Waals surface area contributed by atoms with Crippen LogP contribution in [0.1, 0.15) is 5.56 Å². The highest BCUT2D eigenvalue weighted by molar-refractivity contribution is 7.85. The van der Waals surface area contributed by atoms with Crippen LogP contribution < -0.4 is 0 Å². The Labute approximate surface area is 74.9 Å². The van der Waals surface area contributed by atoms with Crippen molar-refractivity contribution in [3.8, 4) is 6.07 Å². The van der Waals surface area contributed by atoms with Crippen molar-refractivity contribution >= 4 is 16.4 Å². The molecule has 0 heterocycles. The van der Waals surface area contributed by atoms with Crippen LogP contribution in [0.15, 0.2) is 28.6 Å². The second-order valence-corrected chi connectivity index (χ2v) is 4.25. The molecule has 0 N–H and O–H groups in total. The van der Waals surface area contributed by atoms with E-state index in [2.05, 4.69) is 22.9 Å². The molecule has 0 aromatic heterocycles. The number of rotatable bonds is 1. The third-order valence-electron chi connectivity index (χ3n) is 1.28. The first-order chi connectivity index (χ1) is 5.72. The van der Waals surface area contributed by atoms with E-state index in [1.54, 1.807) is 12.1 Å². The molecule has 1 aromatic rings. The molecule has 0 radical (unpaired) electrons. The SMILES string of the molecule is CS(C)=Nc1ccc(C#N)cc1. The molecule has 0 atom stereocenters. The van der Waals surface area contributed by atoms with Crippen LogP contribution in [0.2, 0.25) is 0 Å². The maximum atomic E-state index is 8.53. The molecule has 0 bridgehead atoms. The summed E-state index contributed by atoms with van der Waals surface area (Å²) in [6, 6.07) is 9.37. The van der Waals surface area contributed by atoms with Gasteiger partial charge in [-0.15, -0.1) is 10.7 Å². The summed E-state index contributed by atoms with van der Waals surface area (Å²) in [6.07, 6.45) is 4.11. The molecule has 0 aliphatic rings. The zero-order chi connectivity index (χ0) is 8.97. The summed E-state index contributed by atoms with van der Waals surface area (Å²) in [5.74, 6) is 0. The van der Waals surface area contributed by atoms with Crippen molar-refractivity contribution in [2.45, 2.75) is 0 Å². The van der Waals surface area contributed by atoms with Gasteiger partial charge in [0, 0.05) is 0 Å². The minimum atomic E-state index is 0.0670. The fourth-order valence-electron chi connectivity index (χ4n) is 0.808. The van der Waals surface area contributed by atoms with Crippen LogP contribution >= 0.6 is 0 Å². The predicted octanol–water partition coefficient (Wildman–Crippen LogP) is 2.25. The highest BCUT2D eigenvalue weighted by atomic mass is 32.2. The Kier molecular flexibility index (Phi) is 3.01. The standard InChI is InChI=1S/C9H10N2S/c1-12(2)11-9-5-3-8(7-10)4-6-9/h3-6H,1-2H3. The maximum Gasteiger partial charge on any atom is 0.0991 e. The van der Waals surface area contributed by atoms with Crippen molar-refractivity contribution in [2.75, 3.05) is 12.5 Å². The van der Waals surface area contributed by atoms with Gasteiger partial charge >= 0.3 is 0 Å². The smallest absolute Gasteiger partial charge is 0.0991 e. The summed E-state index contributed by atoms with van der Waals surface area (Å²) in [5.41, 5.74) is 1.63. The van der Waals surface area contributed by atoms with Crippen LogP contribution in [-0.4, -0.2) is 12.5 Å². The van der Waals surface area contributed by atoms with E-state index < -0.39 is 0 Å². The van der Waals surface area contributed by atoms with Gasteiger partial charge in [0.2, 0.25) is 0 Å².